The molecule has 1 N–H and O–H groups in total. The van der Waals surface area contributed by atoms with Gasteiger partial charge < -0.3 is 14.8 Å². The Hall–Kier alpha value is -2.37. The fraction of sp³-hybridized carbons (Fsp3) is 0.273. The van der Waals surface area contributed by atoms with Crippen LogP contribution in [0.3, 0.4) is 0 Å². The molecule has 0 bridgehead atoms. The van der Waals surface area contributed by atoms with Crippen LogP contribution in [0.25, 0.3) is 5.69 Å². The molecule has 1 saturated heterocycles. The predicted octanol–water partition coefficient (Wildman–Crippen LogP) is 5.13. The zero-order chi connectivity index (χ0) is 19.8. The quantitative estimate of drug-likeness (QED) is 0.604. The van der Waals surface area contributed by atoms with E-state index in [-0.39, 0.29) is 12.1 Å². The van der Waals surface area contributed by atoms with Crippen molar-refractivity contribution in [2.24, 2.45) is 0 Å². The van der Waals surface area contributed by atoms with E-state index in [1.165, 1.54) is 11.3 Å². The predicted molar refractivity (Wildman–Crippen MR) is 118 cm³/mol. The van der Waals surface area contributed by atoms with E-state index < -0.39 is 0 Å². The van der Waals surface area contributed by atoms with E-state index in [1.54, 1.807) is 0 Å². The first kappa shape index (κ1) is 19.0. The average molecular weight is 411 g/mol. The van der Waals surface area contributed by atoms with Crippen LogP contribution in [0.5, 0.6) is 0 Å². The first-order valence-corrected chi connectivity index (χ1v) is 10.2. The summed E-state index contributed by atoms with van der Waals surface area (Å²) in [4.78, 5) is 6.84. The fourth-order valence-electron chi connectivity index (χ4n) is 4.18. The molecule has 0 amide bonds. The molecule has 4 rings (SSSR count). The van der Waals surface area contributed by atoms with Gasteiger partial charge in [0.05, 0.1) is 28.5 Å². The maximum atomic E-state index is 6.50. The first-order valence-electron chi connectivity index (χ1n) is 9.44. The summed E-state index contributed by atoms with van der Waals surface area (Å²) in [5, 5.41) is 5.00. The Morgan fingerprint density at radius 2 is 1.89 bits per heavy atom. The molecule has 2 atom stereocenters. The highest BCUT2D eigenvalue weighted by molar-refractivity contribution is 7.80. The van der Waals surface area contributed by atoms with E-state index in [4.69, 9.17) is 23.8 Å². The minimum atomic E-state index is 0.00819. The first-order chi connectivity index (χ1) is 13.5. The summed E-state index contributed by atoms with van der Waals surface area (Å²) < 4.78 is 2.22. The zero-order valence-electron chi connectivity index (χ0n) is 16.2. The highest BCUT2D eigenvalue weighted by Crippen LogP contribution is 2.41. The van der Waals surface area contributed by atoms with Crippen LogP contribution in [0.15, 0.2) is 54.7 Å². The fourth-order valence-corrected chi connectivity index (χ4v) is 4.77. The highest BCUT2D eigenvalue weighted by Gasteiger charge is 2.40. The van der Waals surface area contributed by atoms with Crippen LogP contribution in [-0.4, -0.2) is 26.1 Å². The molecule has 144 valence electrons. The van der Waals surface area contributed by atoms with Crippen LogP contribution in [-0.2, 0) is 0 Å². The molecule has 1 aromatic carbocycles. The highest BCUT2D eigenvalue weighted by atomic mass is 35.5. The lowest BCUT2D eigenvalue weighted by atomic mass is 9.97. The molecule has 1 aliphatic rings. The topological polar surface area (TPSA) is 33.1 Å². The maximum Gasteiger partial charge on any atom is 0.170 e. The number of hydrogen-bond donors (Lipinski definition) is 1. The van der Waals surface area contributed by atoms with Gasteiger partial charge in [-0.15, -0.1) is 0 Å². The van der Waals surface area contributed by atoms with E-state index in [0.29, 0.717) is 0 Å². The van der Waals surface area contributed by atoms with Gasteiger partial charge in [0.15, 0.2) is 5.11 Å². The Balaban J connectivity index is 1.85. The molecule has 0 saturated carbocycles. The molecule has 0 aliphatic carbocycles. The number of nitrogens with one attached hydrogen (secondary N) is 1. The molecule has 1 aliphatic heterocycles. The monoisotopic (exact) mass is 410 g/mol. The maximum absolute atomic E-state index is 6.50. The molecule has 0 spiro atoms. The molecule has 4 nitrogen and oxygen atoms in total. The summed E-state index contributed by atoms with van der Waals surface area (Å²) in [6.45, 7) is 7.23. The van der Waals surface area contributed by atoms with E-state index in [9.17, 15) is 0 Å². The number of thiocarbonyl (C=S) groups is 1. The van der Waals surface area contributed by atoms with E-state index in [0.717, 1.165) is 33.8 Å². The van der Waals surface area contributed by atoms with Gasteiger partial charge in [-0.2, -0.15) is 0 Å². The summed E-state index contributed by atoms with van der Waals surface area (Å²) in [7, 11) is 0. The van der Waals surface area contributed by atoms with Crippen LogP contribution >= 0.6 is 23.8 Å². The molecule has 2 aromatic heterocycles. The number of aryl methyl sites for hydroxylation is 1. The summed E-state index contributed by atoms with van der Waals surface area (Å²) in [6, 6.07) is 16.3. The SMILES string of the molecule is CCN1C(=S)N[C@H](c2ccccn2)[C@H]1c1cc(C)n(-c2ccccc2Cl)c1C. The number of nitrogens with zero attached hydrogens (tertiary/aromatic N) is 3. The van der Waals surface area contributed by atoms with Gasteiger partial charge in [-0.3, -0.25) is 4.98 Å². The van der Waals surface area contributed by atoms with Crippen LogP contribution in [0.2, 0.25) is 5.02 Å². The number of likely N-dealkylation sites (N-methyl/N-ethyl adjacent to an activating group) is 1. The van der Waals surface area contributed by atoms with Gasteiger partial charge >= 0.3 is 0 Å². The van der Waals surface area contributed by atoms with E-state index in [1.807, 2.05) is 36.5 Å². The van der Waals surface area contributed by atoms with Crippen molar-refractivity contribution in [2.75, 3.05) is 6.54 Å². The minimum absolute atomic E-state index is 0.00819. The van der Waals surface area contributed by atoms with Crippen molar-refractivity contribution in [3.8, 4) is 5.69 Å². The molecule has 0 radical (unpaired) electrons. The second kappa shape index (κ2) is 7.57. The van der Waals surface area contributed by atoms with Gasteiger partial charge in [0.1, 0.15) is 0 Å². The molecular formula is C22H23ClN4S. The number of para-hydroxylation sites is 1. The van der Waals surface area contributed by atoms with Gasteiger partial charge in [0, 0.05) is 24.1 Å². The van der Waals surface area contributed by atoms with Gasteiger partial charge in [0.25, 0.3) is 0 Å². The van der Waals surface area contributed by atoms with Gasteiger partial charge in [0.2, 0.25) is 0 Å². The third kappa shape index (κ3) is 3.09. The third-order valence-corrected chi connectivity index (χ3v) is 6.09. The standard InChI is InChI=1S/C22H23ClN4S/c1-4-26-21(20(25-22(26)28)18-10-7-8-12-24-18)16-13-14(2)27(15(16)3)19-11-6-5-9-17(19)23/h5-13,20-21H,4H2,1-3H3,(H,25,28)/t20-,21-/m1/s1. The van der Waals surface area contributed by atoms with Crippen molar-refractivity contribution >= 4 is 28.9 Å². The summed E-state index contributed by atoms with van der Waals surface area (Å²) in [5.74, 6) is 0. The molecule has 28 heavy (non-hydrogen) atoms. The smallest absolute Gasteiger partial charge is 0.170 e. The van der Waals surface area contributed by atoms with Gasteiger partial charge in [-0.25, -0.2) is 0 Å². The summed E-state index contributed by atoms with van der Waals surface area (Å²) in [5.41, 5.74) is 5.54. The van der Waals surface area contributed by atoms with Crippen LogP contribution < -0.4 is 5.32 Å². The molecule has 0 unspecified atom stereocenters. The molecule has 3 aromatic rings. The van der Waals surface area contributed by atoms with Crippen molar-refractivity contribution in [3.63, 3.8) is 0 Å². The van der Waals surface area contributed by atoms with Crippen LogP contribution in [0.1, 0.15) is 41.7 Å². The van der Waals surface area contributed by atoms with Crippen LogP contribution in [0, 0.1) is 13.8 Å². The Bertz CT molecular complexity index is 1010. The number of aromatic nitrogens is 2. The lowest BCUT2D eigenvalue weighted by Gasteiger charge is -2.27. The largest absolute Gasteiger partial charge is 0.352 e. The summed E-state index contributed by atoms with van der Waals surface area (Å²) in [6.07, 6.45) is 1.83. The number of pyridine rings is 1. The molecule has 1 fully saturated rings. The Labute approximate surface area is 176 Å². The third-order valence-electron chi connectivity index (χ3n) is 5.42. The van der Waals surface area contributed by atoms with Gasteiger partial charge in [-0.05, 0) is 68.9 Å². The Kier molecular flexibility index (Phi) is 5.13. The molecule has 3 heterocycles. The van der Waals surface area contributed by atoms with Crippen LogP contribution in [0.4, 0.5) is 0 Å². The minimum Gasteiger partial charge on any atom is -0.352 e. The Morgan fingerprint density at radius 3 is 2.57 bits per heavy atom. The lowest BCUT2D eigenvalue weighted by Crippen LogP contribution is -2.29. The van der Waals surface area contributed by atoms with E-state index >= 15 is 0 Å². The average Bonchev–Trinajstić information content (AvgIpc) is 3.18. The van der Waals surface area contributed by atoms with E-state index in [2.05, 4.69) is 58.7 Å². The number of benzene rings is 1. The summed E-state index contributed by atoms with van der Waals surface area (Å²) >= 11 is 12.2. The number of hydrogen-bond acceptors (Lipinski definition) is 2. The second-order valence-corrected chi connectivity index (χ2v) is 7.82. The molecule has 6 heteroatoms. The zero-order valence-corrected chi connectivity index (χ0v) is 17.8. The second-order valence-electron chi connectivity index (χ2n) is 7.03. The molecular weight excluding hydrogens is 388 g/mol. The van der Waals surface area contributed by atoms with Gasteiger partial charge in [-0.1, -0.05) is 29.8 Å². The number of halogens is 1. The van der Waals surface area contributed by atoms with Crippen molar-refractivity contribution in [1.82, 2.24) is 19.8 Å². The van der Waals surface area contributed by atoms with Crippen molar-refractivity contribution in [2.45, 2.75) is 32.9 Å². The lowest BCUT2D eigenvalue weighted by molar-refractivity contribution is 0.329. The number of rotatable bonds is 4. The normalized spacial score (nSPS) is 19.1. The Morgan fingerprint density at radius 1 is 1.14 bits per heavy atom. The van der Waals surface area contributed by atoms with Crippen molar-refractivity contribution in [3.05, 3.63) is 82.4 Å². The van der Waals surface area contributed by atoms with Crippen molar-refractivity contribution < 1.29 is 0 Å². The van der Waals surface area contributed by atoms with Crippen molar-refractivity contribution in [1.29, 1.82) is 0 Å².